The minimum absolute atomic E-state index is 0.0968. The molecule has 25 heavy (non-hydrogen) atoms. The highest BCUT2D eigenvalue weighted by molar-refractivity contribution is 5.27. The van der Waals surface area contributed by atoms with E-state index in [2.05, 4.69) is 16.5 Å². The molecular formula is C19H23F2N3O. The van der Waals surface area contributed by atoms with Crippen molar-refractivity contribution < 1.29 is 13.9 Å². The molecule has 0 bridgehead atoms. The molecule has 1 fully saturated rings. The second-order valence-corrected chi connectivity index (χ2v) is 6.75. The maximum absolute atomic E-state index is 14.5. The monoisotopic (exact) mass is 347 g/mol. The van der Waals surface area contributed by atoms with Crippen LogP contribution >= 0.6 is 0 Å². The molecule has 3 rings (SSSR count). The van der Waals surface area contributed by atoms with Crippen LogP contribution in [-0.4, -0.2) is 38.7 Å². The smallest absolute Gasteiger partial charge is 0.132 e. The average Bonchev–Trinajstić information content (AvgIpc) is 3.07. The van der Waals surface area contributed by atoms with E-state index < -0.39 is 17.2 Å². The number of hydrogen-bond donors (Lipinski definition) is 1. The molecule has 4 nitrogen and oxygen atoms in total. The molecule has 1 aliphatic heterocycles. The zero-order valence-electron chi connectivity index (χ0n) is 14.3. The Morgan fingerprint density at radius 3 is 2.64 bits per heavy atom. The first kappa shape index (κ1) is 17.8. The highest BCUT2D eigenvalue weighted by Gasteiger charge is 2.42. The van der Waals surface area contributed by atoms with Crippen molar-refractivity contribution in [3.63, 3.8) is 0 Å². The molecule has 2 atom stereocenters. The van der Waals surface area contributed by atoms with Gasteiger partial charge in [0, 0.05) is 43.2 Å². The van der Waals surface area contributed by atoms with Gasteiger partial charge in [0.1, 0.15) is 17.2 Å². The van der Waals surface area contributed by atoms with E-state index in [-0.39, 0.29) is 18.2 Å². The van der Waals surface area contributed by atoms with Crippen LogP contribution in [0.2, 0.25) is 0 Å². The summed E-state index contributed by atoms with van der Waals surface area (Å²) in [5.74, 6) is -1.40. The summed E-state index contributed by atoms with van der Waals surface area (Å²) >= 11 is 0. The number of hydrogen-bond acceptors (Lipinski definition) is 3. The van der Waals surface area contributed by atoms with E-state index in [1.165, 1.54) is 17.7 Å². The van der Waals surface area contributed by atoms with Gasteiger partial charge in [-0.05, 0) is 25.8 Å². The SMILES string of the molecule is C=C1CCN([C@@H](C)[C@@](O)(Cn2ccnc2)c2ccc(F)cc2F)CC1. The van der Waals surface area contributed by atoms with E-state index in [9.17, 15) is 13.9 Å². The molecule has 0 amide bonds. The van der Waals surface area contributed by atoms with Gasteiger partial charge in [-0.15, -0.1) is 0 Å². The number of halogens is 2. The second-order valence-electron chi connectivity index (χ2n) is 6.75. The van der Waals surface area contributed by atoms with Gasteiger partial charge >= 0.3 is 0 Å². The number of imidazole rings is 1. The highest BCUT2D eigenvalue weighted by atomic mass is 19.1. The second kappa shape index (κ2) is 7.06. The molecule has 0 unspecified atom stereocenters. The van der Waals surface area contributed by atoms with E-state index in [4.69, 9.17) is 0 Å². The number of aliphatic hydroxyl groups is 1. The number of piperidine rings is 1. The molecule has 134 valence electrons. The molecule has 1 N–H and O–H groups in total. The third-order valence-corrected chi connectivity index (χ3v) is 5.12. The summed E-state index contributed by atoms with van der Waals surface area (Å²) in [5, 5.41) is 11.5. The maximum Gasteiger partial charge on any atom is 0.132 e. The molecular weight excluding hydrogens is 324 g/mol. The van der Waals surface area contributed by atoms with Crippen molar-refractivity contribution in [1.29, 1.82) is 0 Å². The average molecular weight is 347 g/mol. The summed E-state index contributed by atoms with van der Waals surface area (Å²) in [6, 6.07) is 2.98. The van der Waals surface area contributed by atoms with Crippen molar-refractivity contribution >= 4 is 0 Å². The Balaban J connectivity index is 1.97. The fourth-order valence-electron chi connectivity index (χ4n) is 3.47. The molecule has 2 aromatic rings. The van der Waals surface area contributed by atoms with Crippen LogP contribution in [0.4, 0.5) is 8.78 Å². The normalized spacial score (nSPS) is 19.6. The quantitative estimate of drug-likeness (QED) is 0.845. The fraction of sp³-hybridized carbons (Fsp3) is 0.421. The summed E-state index contributed by atoms with van der Waals surface area (Å²) in [6.07, 6.45) is 6.63. The minimum atomic E-state index is -1.52. The molecule has 1 aliphatic rings. The van der Waals surface area contributed by atoms with Crippen molar-refractivity contribution in [1.82, 2.24) is 14.5 Å². The van der Waals surface area contributed by atoms with E-state index in [0.717, 1.165) is 32.0 Å². The molecule has 2 heterocycles. The minimum Gasteiger partial charge on any atom is -0.382 e. The third kappa shape index (κ3) is 3.65. The van der Waals surface area contributed by atoms with Crippen molar-refractivity contribution in [3.8, 4) is 0 Å². The lowest BCUT2D eigenvalue weighted by molar-refractivity contribution is -0.0635. The number of aromatic nitrogens is 2. The highest BCUT2D eigenvalue weighted by Crippen LogP contribution is 2.34. The fourth-order valence-corrected chi connectivity index (χ4v) is 3.47. The van der Waals surface area contributed by atoms with Gasteiger partial charge in [-0.1, -0.05) is 18.2 Å². The van der Waals surface area contributed by atoms with Crippen molar-refractivity contribution in [2.24, 2.45) is 0 Å². The summed E-state index contributed by atoms with van der Waals surface area (Å²) in [4.78, 5) is 6.12. The van der Waals surface area contributed by atoms with Crippen LogP contribution in [0, 0.1) is 11.6 Å². The molecule has 1 aromatic heterocycles. The van der Waals surface area contributed by atoms with Gasteiger partial charge in [-0.25, -0.2) is 13.8 Å². The summed E-state index contributed by atoms with van der Waals surface area (Å²) in [5.41, 5.74) is -0.231. The van der Waals surface area contributed by atoms with Crippen LogP contribution in [0.5, 0.6) is 0 Å². The van der Waals surface area contributed by atoms with Crippen LogP contribution < -0.4 is 0 Å². The van der Waals surface area contributed by atoms with Gasteiger partial charge in [0.05, 0.1) is 12.9 Å². The van der Waals surface area contributed by atoms with E-state index in [1.807, 2.05) is 6.92 Å². The predicted octanol–water partition coefficient (Wildman–Crippen LogP) is 3.09. The number of nitrogens with zero attached hydrogens (tertiary/aromatic N) is 3. The van der Waals surface area contributed by atoms with Crippen LogP contribution in [-0.2, 0) is 12.1 Å². The molecule has 0 spiro atoms. The van der Waals surface area contributed by atoms with E-state index in [0.29, 0.717) is 0 Å². The van der Waals surface area contributed by atoms with Crippen molar-refractivity contribution in [2.75, 3.05) is 13.1 Å². The van der Waals surface area contributed by atoms with Crippen LogP contribution in [0.3, 0.4) is 0 Å². The molecule has 6 heteroatoms. The number of rotatable bonds is 5. The Hall–Kier alpha value is -2.05. The first-order valence-electron chi connectivity index (χ1n) is 8.44. The van der Waals surface area contributed by atoms with Gasteiger partial charge in [0.25, 0.3) is 0 Å². The topological polar surface area (TPSA) is 41.3 Å². The zero-order valence-corrected chi connectivity index (χ0v) is 14.3. The van der Waals surface area contributed by atoms with E-state index >= 15 is 0 Å². The lowest BCUT2D eigenvalue weighted by Crippen LogP contribution is -2.53. The van der Waals surface area contributed by atoms with Crippen LogP contribution in [0.1, 0.15) is 25.3 Å². The Labute approximate surface area is 146 Å². The zero-order chi connectivity index (χ0) is 18.0. The Morgan fingerprint density at radius 1 is 1.32 bits per heavy atom. The Morgan fingerprint density at radius 2 is 2.04 bits per heavy atom. The molecule has 1 aromatic carbocycles. The first-order chi connectivity index (χ1) is 11.9. The van der Waals surface area contributed by atoms with Crippen LogP contribution in [0.25, 0.3) is 0 Å². The largest absolute Gasteiger partial charge is 0.382 e. The number of likely N-dealkylation sites (tertiary alicyclic amines) is 1. The van der Waals surface area contributed by atoms with Gasteiger partial charge in [0.2, 0.25) is 0 Å². The first-order valence-corrected chi connectivity index (χ1v) is 8.44. The lowest BCUT2D eigenvalue weighted by atomic mass is 9.84. The number of benzene rings is 1. The molecule has 1 saturated heterocycles. The Kier molecular flexibility index (Phi) is 5.01. The van der Waals surface area contributed by atoms with E-state index in [1.54, 1.807) is 23.3 Å². The molecule has 0 saturated carbocycles. The van der Waals surface area contributed by atoms with Gasteiger partial charge in [-0.3, -0.25) is 4.90 Å². The van der Waals surface area contributed by atoms with Gasteiger partial charge in [-0.2, -0.15) is 0 Å². The van der Waals surface area contributed by atoms with Crippen molar-refractivity contribution in [3.05, 3.63) is 66.3 Å². The summed E-state index contributed by atoms with van der Waals surface area (Å²) < 4.78 is 29.6. The lowest BCUT2D eigenvalue weighted by Gasteiger charge is -2.43. The van der Waals surface area contributed by atoms with Gasteiger partial charge < -0.3 is 9.67 Å². The molecule has 0 radical (unpaired) electrons. The molecule has 0 aliphatic carbocycles. The van der Waals surface area contributed by atoms with Crippen LogP contribution in [0.15, 0.2) is 49.1 Å². The summed E-state index contributed by atoms with van der Waals surface area (Å²) in [7, 11) is 0. The Bertz CT molecular complexity index is 737. The standard InChI is InChI=1S/C19H23F2N3O/c1-14-5-8-24(9-6-14)15(2)19(25,12-23-10-7-22-13-23)17-4-3-16(20)11-18(17)21/h3-4,7,10-11,13,15,25H,1,5-6,8-9,12H2,2H3/t15-,19-/m0/s1. The third-order valence-electron chi connectivity index (χ3n) is 5.12. The van der Waals surface area contributed by atoms with Gasteiger partial charge in [0.15, 0.2) is 0 Å². The maximum atomic E-state index is 14.5. The predicted molar refractivity (Wildman–Crippen MR) is 91.9 cm³/mol. The van der Waals surface area contributed by atoms with Crippen molar-refractivity contribution in [2.45, 2.75) is 38.0 Å². The summed E-state index contributed by atoms with van der Waals surface area (Å²) in [6.45, 7) is 7.54.